The monoisotopic (exact) mass is 420 g/mol. The molecule has 1 aliphatic rings. The number of thioether (sulfide) groups is 1. The fraction of sp³-hybridized carbons (Fsp3) is 0.375. The molecule has 4 rings (SSSR count). The second kappa shape index (κ2) is 9.94. The summed E-state index contributed by atoms with van der Waals surface area (Å²) in [6.07, 6.45) is 4.12. The molecule has 1 saturated heterocycles. The summed E-state index contributed by atoms with van der Waals surface area (Å²) in [6, 6.07) is 20.4. The summed E-state index contributed by atoms with van der Waals surface area (Å²) in [5.74, 6) is 1.12. The Kier molecular flexibility index (Phi) is 6.84. The first-order valence-corrected chi connectivity index (χ1v) is 11.6. The summed E-state index contributed by atoms with van der Waals surface area (Å²) < 4.78 is 2.14. The van der Waals surface area contributed by atoms with Gasteiger partial charge in [-0.25, -0.2) is 0 Å². The van der Waals surface area contributed by atoms with Gasteiger partial charge in [0.2, 0.25) is 5.91 Å². The number of hydrogen-bond acceptors (Lipinski definition) is 4. The Morgan fingerprint density at radius 3 is 2.30 bits per heavy atom. The molecule has 3 aromatic rings. The third-order valence-electron chi connectivity index (χ3n) is 5.53. The highest BCUT2D eigenvalue weighted by atomic mass is 32.2. The van der Waals surface area contributed by atoms with Crippen LogP contribution >= 0.6 is 11.8 Å². The molecule has 5 nitrogen and oxygen atoms in total. The topological polar surface area (TPSA) is 51.0 Å². The maximum atomic E-state index is 13.4. The first-order chi connectivity index (χ1) is 14.8. The van der Waals surface area contributed by atoms with Crippen molar-refractivity contribution in [3.05, 3.63) is 77.6 Å². The van der Waals surface area contributed by atoms with Crippen LogP contribution < -0.4 is 0 Å². The van der Waals surface area contributed by atoms with E-state index in [9.17, 15) is 4.79 Å². The zero-order valence-electron chi connectivity index (χ0n) is 17.4. The summed E-state index contributed by atoms with van der Waals surface area (Å²) >= 11 is 1.52. The Labute approximate surface area is 182 Å². The Hall–Kier alpha value is -2.60. The van der Waals surface area contributed by atoms with Crippen LogP contribution in [0, 0.1) is 0 Å². The number of piperidine rings is 1. The van der Waals surface area contributed by atoms with Gasteiger partial charge in [-0.15, -0.1) is 10.2 Å². The van der Waals surface area contributed by atoms with Gasteiger partial charge in [0, 0.05) is 26.1 Å². The minimum atomic E-state index is -0.302. The number of nitrogens with zero attached hydrogens (tertiary/aromatic N) is 4. The number of carbonyl (C=O) groups is 1. The van der Waals surface area contributed by atoms with Crippen LogP contribution in [0.5, 0.6) is 0 Å². The lowest BCUT2D eigenvalue weighted by atomic mass is 10.1. The van der Waals surface area contributed by atoms with Crippen LogP contribution in [0.25, 0.3) is 0 Å². The largest absolute Gasteiger partial charge is 0.341 e. The van der Waals surface area contributed by atoms with Gasteiger partial charge in [-0.1, -0.05) is 72.4 Å². The molecule has 1 aliphatic heterocycles. The number of carbonyl (C=O) groups excluding carboxylic acids is 1. The highest BCUT2D eigenvalue weighted by molar-refractivity contribution is 8.00. The van der Waals surface area contributed by atoms with E-state index in [-0.39, 0.29) is 11.2 Å². The SMILES string of the molecule is CCn1c(Cc2ccccc2)nnc1SC(C(=O)N1CCCCC1)c1ccccc1. The van der Waals surface area contributed by atoms with Crippen molar-refractivity contribution in [2.75, 3.05) is 13.1 Å². The first-order valence-electron chi connectivity index (χ1n) is 10.7. The average Bonchev–Trinajstić information content (AvgIpc) is 3.19. The van der Waals surface area contributed by atoms with E-state index in [1.165, 1.54) is 23.7 Å². The molecule has 1 fully saturated rings. The Bertz CT molecular complexity index is 952. The van der Waals surface area contributed by atoms with Gasteiger partial charge in [-0.05, 0) is 37.3 Å². The predicted molar refractivity (Wildman–Crippen MR) is 120 cm³/mol. The van der Waals surface area contributed by atoms with Gasteiger partial charge in [0.25, 0.3) is 0 Å². The summed E-state index contributed by atoms with van der Waals surface area (Å²) in [6.45, 7) is 4.58. The van der Waals surface area contributed by atoms with E-state index < -0.39 is 0 Å². The van der Waals surface area contributed by atoms with Crippen LogP contribution in [0.3, 0.4) is 0 Å². The van der Waals surface area contributed by atoms with E-state index in [1.807, 2.05) is 53.4 Å². The molecule has 1 amide bonds. The molecular formula is C24H28N4OS. The number of benzene rings is 2. The predicted octanol–water partition coefficient (Wildman–Crippen LogP) is 4.73. The fourth-order valence-corrected chi connectivity index (χ4v) is 5.11. The minimum absolute atomic E-state index is 0.182. The molecule has 0 spiro atoms. The molecule has 1 atom stereocenters. The number of aromatic nitrogens is 3. The molecule has 0 N–H and O–H groups in total. The standard InChI is InChI=1S/C24H28N4OS/c1-2-28-21(18-19-12-6-3-7-13-19)25-26-24(28)30-22(20-14-8-4-9-15-20)23(29)27-16-10-5-11-17-27/h3-4,6-9,12-15,22H,2,5,10-11,16-18H2,1H3. The second-order valence-electron chi connectivity index (χ2n) is 7.60. The molecule has 0 saturated carbocycles. The van der Waals surface area contributed by atoms with Crippen molar-refractivity contribution in [2.45, 2.75) is 49.6 Å². The molecule has 6 heteroatoms. The lowest BCUT2D eigenvalue weighted by Crippen LogP contribution is -2.38. The van der Waals surface area contributed by atoms with Gasteiger partial charge in [0.05, 0.1) is 0 Å². The summed E-state index contributed by atoms with van der Waals surface area (Å²) in [5, 5.41) is 9.45. The van der Waals surface area contributed by atoms with Crippen molar-refractivity contribution in [3.63, 3.8) is 0 Å². The van der Waals surface area contributed by atoms with Crippen LogP contribution in [-0.4, -0.2) is 38.7 Å². The Morgan fingerprint density at radius 1 is 0.967 bits per heavy atom. The van der Waals surface area contributed by atoms with Gasteiger partial charge < -0.3 is 9.47 Å². The van der Waals surface area contributed by atoms with Gasteiger partial charge >= 0.3 is 0 Å². The van der Waals surface area contributed by atoms with Crippen molar-refractivity contribution in [1.29, 1.82) is 0 Å². The normalized spacial score (nSPS) is 15.2. The van der Waals surface area contributed by atoms with Gasteiger partial charge in [-0.2, -0.15) is 0 Å². The number of rotatable bonds is 7. The highest BCUT2D eigenvalue weighted by Crippen LogP contribution is 2.37. The van der Waals surface area contributed by atoms with Crippen LogP contribution in [0.2, 0.25) is 0 Å². The molecule has 1 aromatic heterocycles. The summed E-state index contributed by atoms with van der Waals surface area (Å²) in [7, 11) is 0. The van der Waals surface area contributed by atoms with E-state index in [0.717, 1.165) is 55.4 Å². The van der Waals surface area contributed by atoms with E-state index in [4.69, 9.17) is 0 Å². The fourth-order valence-electron chi connectivity index (χ4n) is 3.91. The third kappa shape index (κ3) is 4.75. The quantitative estimate of drug-likeness (QED) is 0.518. The third-order valence-corrected chi connectivity index (χ3v) is 6.75. The smallest absolute Gasteiger partial charge is 0.240 e. The van der Waals surface area contributed by atoms with Crippen LogP contribution in [0.4, 0.5) is 0 Å². The van der Waals surface area contributed by atoms with Crippen LogP contribution in [0.15, 0.2) is 65.8 Å². The molecule has 0 aliphatic carbocycles. The van der Waals surface area contributed by atoms with E-state index >= 15 is 0 Å². The minimum Gasteiger partial charge on any atom is -0.341 e. The zero-order valence-corrected chi connectivity index (χ0v) is 18.2. The molecular weight excluding hydrogens is 392 g/mol. The van der Waals surface area contributed by atoms with E-state index in [1.54, 1.807) is 0 Å². The van der Waals surface area contributed by atoms with E-state index in [2.05, 4.69) is 33.8 Å². The molecule has 2 aromatic carbocycles. The maximum Gasteiger partial charge on any atom is 0.240 e. The average molecular weight is 421 g/mol. The van der Waals surface area contributed by atoms with Crippen LogP contribution in [-0.2, 0) is 17.8 Å². The second-order valence-corrected chi connectivity index (χ2v) is 8.67. The van der Waals surface area contributed by atoms with Gasteiger partial charge in [-0.3, -0.25) is 4.79 Å². The van der Waals surface area contributed by atoms with Gasteiger partial charge in [0.15, 0.2) is 5.16 Å². The maximum absolute atomic E-state index is 13.4. The number of likely N-dealkylation sites (tertiary alicyclic amines) is 1. The van der Waals surface area contributed by atoms with E-state index in [0.29, 0.717) is 0 Å². The molecule has 1 unspecified atom stereocenters. The number of amides is 1. The molecule has 2 heterocycles. The summed E-state index contributed by atoms with van der Waals surface area (Å²) in [4.78, 5) is 15.5. The van der Waals surface area contributed by atoms with Crippen molar-refractivity contribution in [3.8, 4) is 0 Å². The highest BCUT2D eigenvalue weighted by Gasteiger charge is 2.30. The number of hydrogen-bond donors (Lipinski definition) is 0. The molecule has 30 heavy (non-hydrogen) atoms. The lowest BCUT2D eigenvalue weighted by Gasteiger charge is -2.30. The zero-order chi connectivity index (χ0) is 20.8. The Balaban J connectivity index is 1.60. The first kappa shape index (κ1) is 20.7. The van der Waals surface area contributed by atoms with Crippen LogP contribution in [0.1, 0.15) is 48.4 Å². The molecule has 156 valence electrons. The lowest BCUT2D eigenvalue weighted by molar-refractivity contribution is -0.131. The molecule has 0 bridgehead atoms. The van der Waals surface area contributed by atoms with Crippen molar-refractivity contribution >= 4 is 17.7 Å². The van der Waals surface area contributed by atoms with Crippen molar-refractivity contribution in [1.82, 2.24) is 19.7 Å². The van der Waals surface area contributed by atoms with Crippen molar-refractivity contribution < 1.29 is 4.79 Å². The van der Waals surface area contributed by atoms with Gasteiger partial charge in [0.1, 0.15) is 11.1 Å². The summed E-state index contributed by atoms with van der Waals surface area (Å²) in [5.41, 5.74) is 2.23. The van der Waals surface area contributed by atoms with Crippen molar-refractivity contribution in [2.24, 2.45) is 0 Å². The Morgan fingerprint density at radius 2 is 1.63 bits per heavy atom. The molecule has 0 radical (unpaired) electrons.